The van der Waals surface area contributed by atoms with Crippen LogP contribution in [0.15, 0.2) is 42.0 Å². The van der Waals surface area contributed by atoms with Crippen LogP contribution in [0.3, 0.4) is 0 Å². The van der Waals surface area contributed by atoms with Crippen molar-refractivity contribution in [1.82, 2.24) is 10.7 Å². The van der Waals surface area contributed by atoms with Crippen molar-refractivity contribution < 1.29 is 4.79 Å². The number of nitrogens with one attached hydrogen (secondary N) is 2. The molecule has 0 heterocycles. The first-order chi connectivity index (χ1) is 8.72. The fraction of sp³-hybridized carbons (Fsp3) is 0.154. The van der Waals surface area contributed by atoms with Crippen LogP contribution in [0.1, 0.15) is 22.3 Å². The Balaban J connectivity index is 2.09. The Morgan fingerprint density at radius 1 is 1.44 bits per heavy atom. The van der Waals surface area contributed by atoms with Gasteiger partial charge in [0.05, 0.1) is 12.1 Å². The molecule has 0 bridgehead atoms. The standard InChI is InChI=1S/C13H13N3OS/c1-2-7-14-13(18)16-15-11-8-12(17)10-6-4-3-5-9(10)11/h2-6H,1,7-8H2,(H2,14,16,18)/b15-11+. The molecule has 18 heavy (non-hydrogen) atoms. The van der Waals surface area contributed by atoms with Crippen molar-refractivity contribution in [3.63, 3.8) is 0 Å². The van der Waals surface area contributed by atoms with E-state index in [1.807, 2.05) is 24.3 Å². The molecule has 0 radical (unpaired) electrons. The van der Waals surface area contributed by atoms with Crippen LogP contribution >= 0.6 is 12.2 Å². The maximum Gasteiger partial charge on any atom is 0.187 e. The van der Waals surface area contributed by atoms with Crippen LogP contribution in [0.4, 0.5) is 0 Å². The van der Waals surface area contributed by atoms with E-state index in [1.165, 1.54) is 0 Å². The lowest BCUT2D eigenvalue weighted by atomic mass is 10.1. The molecule has 0 atom stereocenters. The van der Waals surface area contributed by atoms with Gasteiger partial charge in [0.1, 0.15) is 0 Å². The number of benzene rings is 1. The summed E-state index contributed by atoms with van der Waals surface area (Å²) in [5.41, 5.74) is 5.05. The average Bonchev–Trinajstić information content (AvgIpc) is 2.71. The zero-order valence-corrected chi connectivity index (χ0v) is 10.6. The van der Waals surface area contributed by atoms with Crippen LogP contribution in [0.25, 0.3) is 0 Å². The lowest BCUT2D eigenvalue weighted by Crippen LogP contribution is -2.32. The van der Waals surface area contributed by atoms with Crippen LogP contribution in [0.2, 0.25) is 0 Å². The van der Waals surface area contributed by atoms with Gasteiger partial charge in [-0.2, -0.15) is 5.10 Å². The number of hydrogen-bond donors (Lipinski definition) is 2. The number of carbonyl (C=O) groups is 1. The molecule has 0 aliphatic heterocycles. The van der Waals surface area contributed by atoms with Crippen LogP contribution in [0, 0.1) is 0 Å². The summed E-state index contributed by atoms with van der Waals surface area (Å²) in [6.45, 7) is 4.16. The SMILES string of the molecule is C=CCNC(=S)N/N=C1\CC(=O)c2ccccc21. The molecular weight excluding hydrogens is 246 g/mol. The van der Waals surface area contributed by atoms with Crippen molar-refractivity contribution in [2.75, 3.05) is 6.54 Å². The van der Waals surface area contributed by atoms with Crippen LogP contribution < -0.4 is 10.7 Å². The zero-order chi connectivity index (χ0) is 13.0. The second-order valence-electron chi connectivity index (χ2n) is 3.81. The highest BCUT2D eigenvalue weighted by molar-refractivity contribution is 7.80. The molecule has 2 rings (SSSR count). The van der Waals surface area contributed by atoms with Gasteiger partial charge in [0.25, 0.3) is 0 Å². The molecule has 1 aromatic rings. The van der Waals surface area contributed by atoms with Gasteiger partial charge in [0, 0.05) is 17.7 Å². The molecule has 2 N–H and O–H groups in total. The molecule has 0 saturated heterocycles. The maximum atomic E-state index is 11.7. The summed E-state index contributed by atoms with van der Waals surface area (Å²) in [4.78, 5) is 11.7. The van der Waals surface area contributed by atoms with Gasteiger partial charge in [0.15, 0.2) is 10.9 Å². The normalized spacial score (nSPS) is 15.3. The van der Waals surface area contributed by atoms with Crippen molar-refractivity contribution in [2.24, 2.45) is 5.10 Å². The number of Topliss-reactive ketones (excluding diaryl/α,β-unsaturated/α-hetero) is 1. The first-order valence-electron chi connectivity index (χ1n) is 5.56. The Hall–Kier alpha value is -2.01. The average molecular weight is 259 g/mol. The highest BCUT2D eigenvalue weighted by Crippen LogP contribution is 2.21. The minimum atomic E-state index is 0.0936. The Labute approximate surface area is 111 Å². The largest absolute Gasteiger partial charge is 0.358 e. The first kappa shape index (κ1) is 12.4. The molecular formula is C13H13N3OS. The summed E-state index contributed by atoms with van der Waals surface area (Å²) < 4.78 is 0. The summed E-state index contributed by atoms with van der Waals surface area (Å²) in [6, 6.07) is 7.44. The van der Waals surface area contributed by atoms with Crippen molar-refractivity contribution in [1.29, 1.82) is 0 Å². The van der Waals surface area contributed by atoms with E-state index in [9.17, 15) is 4.79 Å². The molecule has 4 nitrogen and oxygen atoms in total. The monoisotopic (exact) mass is 259 g/mol. The number of fused-ring (bicyclic) bond motifs is 1. The smallest absolute Gasteiger partial charge is 0.187 e. The lowest BCUT2D eigenvalue weighted by Gasteiger charge is -2.05. The lowest BCUT2D eigenvalue weighted by molar-refractivity contribution is 0.101. The number of nitrogens with zero attached hydrogens (tertiary/aromatic N) is 1. The van der Waals surface area contributed by atoms with Gasteiger partial charge in [-0.3, -0.25) is 10.2 Å². The van der Waals surface area contributed by atoms with Gasteiger partial charge in [-0.05, 0) is 12.2 Å². The minimum absolute atomic E-state index is 0.0936. The number of ketones is 1. The molecule has 0 saturated carbocycles. The second-order valence-corrected chi connectivity index (χ2v) is 4.22. The second kappa shape index (κ2) is 5.55. The van der Waals surface area contributed by atoms with Gasteiger partial charge in [-0.15, -0.1) is 6.58 Å². The highest BCUT2D eigenvalue weighted by Gasteiger charge is 2.24. The molecule has 0 amide bonds. The van der Waals surface area contributed by atoms with E-state index in [1.54, 1.807) is 6.08 Å². The number of carbonyl (C=O) groups excluding carboxylic acids is 1. The highest BCUT2D eigenvalue weighted by atomic mass is 32.1. The van der Waals surface area contributed by atoms with Crippen molar-refractivity contribution >= 4 is 28.8 Å². The summed E-state index contributed by atoms with van der Waals surface area (Å²) in [5, 5.41) is 7.49. The third kappa shape index (κ3) is 2.62. The molecule has 1 aromatic carbocycles. The maximum absolute atomic E-state index is 11.7. The quantitative estimate of drug-likeness (QED) is 0.492. The molecule has 0 unspecified atom stereocenters. The van der Waals surface area contributed by atoms with Crippen LogP contribution in [-0.4, -0.2) is 23.2 Å². The summed E-state index contributed by atoms with van der Waals surface area (Å²) in [5.74, 6) is 0.0936. The van der Waals surface area contributed by atoms with Crippen molar-refractivity contribution in [2.45, 2.75) is 6.42 Å². The molecule has 0 aromatic heterocycles. The first-order valence-corrected chi connectivity index (χ1v) is 5.97. The number of thiocarbonyl (C=S) groups is 1. The summed E-state index contributed by atoms with van der Waals surface area (Å²) in [7, 11) is 0. The Kier molecular flexibility index (Phi) is 3.84. The third-order valence-corrected chi connectivity index (χ3v) is 2.80. The van der Waals surface area contributed by atoms with E-state index in [0.29, 0.717) is 18.1 Å². The summed E-state index contributed by atoms with van der Waals surface area (Å²) in [6.07, 6.45) is 2.02. The fourth-order valence-corrected chi connectivity index (χ4v) is 1.87. The minimum Gasteiger partial charge on any atom is -0.358 e. The Morgan fingerprint density at radius 2 is 2.17 bits per heavy atom. The van der Waals surface area contributed by atoms with E-state index in [0.717, 1.165) is 16.8 Å². The molecule has 0 fully saturated rings. The molecule has 5 heteroatoms. The molecule has 1 aliphatic carbocycles. The van der Waals surface area contributed by atoms with Gasteiger partial charge >= 0.3 is 0 Å². The molecule has 0 spiro atoms. The topological polar surface area (TPSA) is 53.5 Å². The third-order valence-electron chi connectivity index (χ3n) is 2.57. The zero-order valence-electron chi connectivity index (χ0n) is 9.77. The van der Waals surface area contributed by atoms with E-state index < -0.39 is 0 Å². The van der Waals surface area contributed by atoms with E-state index in [2.05, 4.69) is 22.4 Å². The van der Waals surface area contributed by atoms with E-state index >= 15 is 0 Å². The number of rotatable bonds is 3. The van der Waals surface area contributed by atoms with E-state index in [-0.39, 0.29) is 5.78 Å². The predicted molar refractivity (Wildman–Crippen MR) is 75.9 cm³/mol. The van der Waals surface area contributed by atoms with Crippen molar-refractivity contribution in [3.8, 4) is 0 Å². The summed E-state index contributed by atoms with van der Waals surface area (Å²) >= 11 is 5.02. The van der Waals surface area contributed by atoms with Crippen molar-refractivity contribution in [3.05, 3.63) is 48.0 Å². The van der Waals surface area contributed by atoms with Gasteiger partial charge in [-0.25, -0.2) is 0 Å². The number of hydrogen-bond acceptors (Lipinski definition) is 3. The van der Waals surface area contributed by atoms with Gasteiger partial charge in [0.2, 0.25) is 0 Å². The number of hydrazone groups is 1. The Morgan fingerprint density at radius 3 is 2.89 bits per heavy atom. The van der Waals surface area contributed by atoms with Gasteiger partial charge < -0.3 is 5.32 Å². The van der Waals surface area contributed by atoms with E-state index in [4.69, 9.17) is 12.2 Å². The van der Waals surface area contributed by atoms with Crippen LogP contribution in [0.5, 0.6) is 0 Å². The predicted octanol–water partition coefficient (Wildman–Crippen LogP) is 1.63. The Bertz CT molecular complexity index is 537. The molecule has 92 valence electrons. The molecule has 1 aliphatic rings. The van der Waals surface area contributed by atoms with Gasteiger partial charge in [-0.1, -0.05) is 30.3 Å². The fourth-order valence-electron chi connectivity index (χ4n) is 1.74. The van der Waals surface area contributed by atoms with Crippen LogP contribution in [-0.2, 0) is 0 Å².